The standard InChI is InChI=1S/C72H130NO8P/c1-6-8-10-12-14-16-18-20-22-24-26-28-29-30-31-32-33-34-35-36-37-38-39-40-41-42-43-45-46-48-50-52-54-56-58-60-62-64-71(74)78-68-70(69-80-82(76,77)79-67-66-73(3,4)5)81-72(75)65-63-61-59-57-55-53-51-49-47-44-27-25-23-21-19-17-15-13-11-9-7-2/h9,11,15,17,21,23-24,26-27,44,49,51,55,57,70H,6-8,10,12-14,16,18-20,22,25,28-43,45-48,50,52-54,56,58-69H2,1-5H3/p+1/b11-9-,17-15-,23-21-,26-24-,44-27-,51-49-,57-55-. The van der Waals surface area contributed by atoms with E-state index in [0.717, 1.165) is 70.6 Å². The Morgan fingerprint density at radius 1 is 0.390 bits per heavy atom. The zero-order valence-corrected chi connectivity index (χ0v) is 55.1. The van der Waals surface area contributed by atoms with Gasteiger partial charge in [0.05, 0.1) is 27.7 Å². The van der Waals surface area contributed by atoms with Crippen molar-refractivity contribution in [2.24, 2.45) is 0 Å². The molecule has 0 aliphatic rings. The highest BCUT2D eigenvalue weighted by molar-refractivity contribution is 7.47. The highest BCUT2D eigenvalue weighted by Crippen LogP contribution is 2.43. The first-order valence-corrected chi connectivity index (χ1v) is 35.8. The molecule has 0 saturated heterocycles. The molecule has 82 heavy (non-hydrogen) atoms. The van der Waals surface area contributed by atoms with Gasteiger partial charge in [-0.1, -0.05) is 292 Å². The van der Waals surface area contributed by atoms with Crippen LogP contribution in [0.15, 0.2) is 85.1 Å². The highest BCUT2D eigenvalue weighted by Gasteiger charge is 2.27. The third-order valence-electron chi connectivity index (χ3n) is 14.9. The second-order valence-corrected chi connectivity index (χ2v) is 25.6. The second kappa shape index (κ2) is 62.7. The fraction of sp³-hybridized carbons (Fsp3) is 0.778. The van der Waals surface area contributed by atoms with Gasteiger partial charge in [-0.05, 0) is 89.9 Å². The largest absolute Gasteiger partial charge is 0.472 e. The second-order valence-electron chi connectivity index (χ2n) is 24.2. The molecule has 476 valence electrons. The van der Waals surface area contributed by atoms with Gasteiger partial charge in [0, 0.05) is 12.8 Å². The van der Waals surface area contributed by atoms with Gasteiger partial charge in [-0.3, -0.25) is 18.6 Å². The van der Waals surface area contributed by atoms with Gasteiger partial charge >= 0.3 is 19.8 Å². The number of unbranched alkanes of at least 4 members (excludes halogenated alkanes) is 35. The number of ether oxygens (including phenoxy) is 2. The van der Waals surface area contributed by atoms with Gasteiger partial charge in [0.25, 0.3) is 0 Å². The first-order chi connectivity index (χ1) is 40.0. The summed E-state index contributed by atoms with van der Waals surface area (Å²) in [6, 6.07) is 0. The Kier molecular flexibility index (Phi) is 60.6. The maximum absolute atomic E-state index is 12.8. The normalized spacial score (nSPS) is 13.7. The SMILES string of the molecule is CC/C=C\C/C=C\C/C=C\C/C=C\C/C=C\C/C=C\CCCCC(=O)OC(COC(=O)CCCCCCCCCCCCCCCCCCCCCCCCCCC/C=C\CCCCCCCCCC)COP(=O)(O)OCC[N+](C)(C)C. The van der Waals surface area contributed by atoms with Crippen LogP contribution in [-0.4, -0.2) is 74.9 Å². The van der Waals surface area contributed by atoms with E-state index in [2.05, 4.69) is 98.9 Å². The maximum atomic E-state index is 12.8. The van der Waals surface area contributed by atoms with Gasteiger partial charge in [-0.25, -0.2) is 4.57 Å². The molecule has 2 unspecified atom stereocenters. The minimum Gasteiger partial charge on any atom is -0.462 e. The maximum Gasteiger partial charge on any atom is 0.472 e. The molecule has 0 saturated carbocycles. The number of nitrogens with zero attached hydrogens (tertiary/aromatic N) is 1. The average Bonchev–Trinajstić information content (AvgIpc) is 3.46. The molecule has 0 aromatic rings. The quantitative estimate of drug-likeness (QED) is 0.0211. The molecule has 0 rings (SSSR count). The van der Waals surface area contributed by atoms with Gasteiger partial charge in [-0.2, -0.15) is 0 Å². The molecule has 0 radical (unpaired) electrons. The average molecular weight is 1170 g/mol. The molecule has 0 fully saturated rings. The molecule has 0 heterocycles. The van der Waals surface area contributed by atoms with E-state index in [1.54, 1.807) is 0 Å². The van der Waals surface area contributed by atoms with Gasteiger partial charge < -0.3 is 18.9 Å². The predicted molar refractivity (Wildman–Crippen MR) is 353 cm³/mol. The number of carbonyl (C=O) groups is 2. The van der Waals surface area contributed by atoms with E-state index in [1.165, 1.54) is 205 Å². The summed E-state index contributed by atoms with van der Waals surface area (Å²) < 4.78 is 34.6. The van der Waals surface area contributed by atoms with Crippen molar-refractivity contribution in [2.45, 2.75) is 315 Å². The van der Waals surface area contributed by atoms with Crippen molar-refractivity contribution >= 4 is 19.8 Å². The number of phosphoric acid groups is 1. The Hall–Kier alpha value is -2.81. The first kappa shape index (κ1) is 79.2. The van der Waals surface area contributed by atoms with Crippen LogP contribution in [0.25, 0.3) is 0 Å². The van der Waals surface area contributed by atoms with E-state index in [1.807, 2.05) is 21.1 Å². The van der Waals surface area contributed by atoms with Crippen molar-refractivity contribution in [3.63, 3.8) is 0 Å². The summed E-state index contributed by atoms with van der Waals surface area (Å²) >= 11 is 0. The van der Waals surface area contributed by atoms with Crippen LogP contribution in [0.3, 0.4) is 0 Å². The van der Waals surface area contributed by atoms with Crippen molar-refractivity contribution in [1.82, 2.24) is 0 Å². The molecule has 2 atom stereocenters. The number of quaternary nitrogens is 1. The molecule has 0 spiro atoms. The van der Waals surface area contributed by atoms with E-state index in [-0.39, 0.29) is 32.0 Å². The zero-order valence-electron chi connectivity index (χ0n) is 54.2. The number of allylic oxidation sites excluding steroid dienone is 14. The number of carbonyl (C=O) groups excluding carboxylic acids is 2. The molecule has 1 N–H and O–H groups in total. The Labute approximate surface area is 507 Å². The Balaban J connectivity index is 4.00. The van der Waals surface area contributed by atoms with E-state index in [0.29, 0.717) is 17.4 Å². The Morgan fingerprint density at radius 3 is 1.07 bits per heavy atom. The lowest BCUT2D eigenvalue weighted by Gasteiger charge is -2.24. The minimum absolute atomic E-state index is 0.0204. The number of phosphoric ester groups is 1. The molecule has 0 aromatic carbocycles. The van der Waals surface area contributed by atoms with E-state index in [4.69, 9.17) is 18.5 Å². The fourth-order valence-corrected chi connectivity index (χ4v) is 10.4. The minimum atomic E-state index is -4.41. The van der Waals surface area contributed by atoms with Crippen LogP contribution in [-0.2, 0) is 32.7 Å². The van der Waals surface area contributed by atoms with Crippen LogP contribution in [0, 0.1) is 0 Å². The van der Waals surface area contributed by atoms with Crippen molar-refractivity contribution in [2.75, 3.05) is 47.5 Å². The number of hydrogen-bond donors (Lipinski definition) is 1. The third-order valence-corrected chi connectivity index (χ3v) is 15.9. The van der Waals surface area contributed by atoms with Crippen LogP contribution in [0.2, 0.25) is 0 Å². The zero-order chi connectivity index (χ0) is 59.8. The number of esters is 2. The Morgan fingerprint density at radius 2 is 0.695 bits per heavy atom. The molecule has 0 amide bonds. The summed E-state index contributed by atoms with van der Waals surface area (Å²) in [6.07, 6.45) is 85.7. The summed E-state index contributed by atoms with van der Waals surface area (Å²) in [6.45, 7) is 4.29. The summed E-state index contributed by atoms with van der Waals surface area (Å²) in [7, 11) is 1.45. The van der Waals surface area contributed by atoms with Gasteiger partial charge in [0.2, 0.25) is 0 Å². The molecule has 0 aliphatic heterocycles. The molecular formula is C72H131NO8P+. The van der Waals surface area contributed by atoms with Crippen LogP contribution in [0.1, 0.15) is 309 Å². The van der Waals surface area contributed by atoms with Gasteiger partial charge in [0.1, 0.15) is 19.8 Å². The summed E-state index contributed by atoms with van der Waals surface area (Å²) in [5.74, 6) is -0.842. The summed E-state index contributed by atoms with van der Waals surface area (Å²) in [5, 5.41) is 0. The fourth-order valence-electron chi connectivity index (χ4n) is 9.66. The monoisotopic (exact) mass is 1170 g/mol. The molecule has 0 bridgehead atoms. The molecule has 0 aliphatic carbocycles. The molecular weight excluding hydrogens is 1040 g/mol. The predicted octanol–water partition coefficient (Wildman–Crippen LogP) is 22.2. The Bertz CT molecular complexity index is 1660. The van der Waals surface area contributed by atoms with E-state index in [9.17, 15) is 19.0 Å². The summed E-state index contributed by atoms with van der Waals surface area (Å²) in [5.41, 5.74) is 0. The van der Waals surface area contributed by atoms with Crippen LogP contribution in [0.5, 0.6) is 0 Å². The molecule has 10 heteroatoms. The lowest BCUT2D eigenvalue weighted by molar-refractivity contribution is -0.870. The highest BCUT2D eigenvalue weighted by atomic mass is 31.2. The summed E-state index contributed by atoms with van der Waals surface area (Å²) in [4.78, 5) is 35.8. The third kappa shape index (κ3) is 66.3. The first-order valence-electron chi connectivity index (χ1n) is 34.3. The van der Waals surface area contributed by atoms with Crippen molar-refractivity contribution < 1.29 is 42.1 Å². The molecule has 9 nitrogen and oxygen atoms in total. The lowest BCUT2D eigenvalue weighted by atomic mass is 10.0. The van der Waals surface area contributed by atoms with Crippen LogP contribution >= 0.6 is 7.82 Å². The van der Waals surface area contributed by atoms with Crippen molar-refractivity contribution in [1.29, 1.82) is 0 Å². The van der Waals surface area contributed by atoms with E-state index < -0.39 is 26.5 Å². The van der Waals surface area contributed by atoms with Crippen LogP contribution in [0.4, 0.5) is 0 Å². The number of hydrogen-bond acceptors (Lipinski definition) is 7. The van der Waals surface area contributed by atoms with Gasteiger partial charge in [-0.15, -0.1) is 0 Å². The topological polar surface area (TPSA) is 108 Å². The molecule has 0 aromatic heterocycles. The number of rotatable bonds is 63. The number of likely N-dealkylation sites (N-methyl/N-ethyl adjacent to an activating group) is 1. The van der Waals surface area contributed by atoms with Crippen LogP contribution < -0.4 is 0 Å². The van der Waals surface area contributed by atoms with E-state index >= 15 is 0 Å². The smallest absolute Gasteiger partial charge is 0.462 e. The van der Waals surface area contributed by atoms with Crippen molar-refractivity contribution in [3.05, 3.63) is 85.1 Å². The van der Waals surface area contributed by atoms with Gasteiger partial charge in [0.15, 0.2) is 6.10 Å². The lowest BCUT2D eigenvalue weighted by Crippen LogP contribution is -2.37. The van der Waals surface area contributed by atoms with Crippen molar-refractivity contribution in [3.8, 4) is 0 Å².